The van der Waals surface area contributed by atoms with Gasteiger partial charge >= 0.3 is 0 Å². The number of hydrogen-bond acceptors (Lipinski definition) is 4. The summed E-state index contributed by atoms with van der Waals surface area (Å²) in [6.07, 6.45) is 6.50. The molecule has 0 spiro atoms. The smallest absolute Gasteiger partial charge is 0.256 e. The maximum absolute atomic E-state index is 11.8. The van der Waals surface area contributed by atoms with Gasteiger partial charge in [-0.25, -0.2) is 9.67 Å². The molecule has 0 unspecified atom stereocenters. The van der Waals surface area contributed by atoms with Crippen molar-refractivity contribution in [1.82, 2.24) is 24.6 Å². The lowest BCUT2D eigenvalue weighted by Crippen LogP contribution is -2.21. The molecule has 19 heavy (non-hydrogen) atoms. The summed E-state index contributed by atoms with van der Waals surface area (Å²) in [5, 5.41) is 4.20. The van der Waals surface area contributed by atoms with Gasteiger partial charge in [0, 0.05) is 32.7 Å². The minimum Gasteiger partial charge on any atom is -0.345 e. The molecule has 0 fully saturated rings. The fraction of sp³-hybridized carbons (Fsp3) is 0.385. The van der Waals surface area contributed by atoms with Gasteiger partial charge < -0.3 is 4.90 Å². The summed E-state index contributed by atoms with van der Waals surface area (Å²) in [4.78, 5) is 22.0. The largest absolute Gasteiger partial charge is 0.345 e. The Balaban J connectivity index is 2.41. The number of rotatable bonds is 3. The minimum absolute atomic E-state index is 0.0822. The molecule has 1 amide bonds. The van der Waals surface area contributed by atoms with Gasteiger partial charge in [-0.2, -0.15) is 5.10 Å². The third-order valence-corrected chi connectivity index (χ3v) is 2.71. The number of aromatic nitrogens is 4. The molecule has 6 nitrogen and oxygen atoms in total. The van der Waals surface area contributed by atoms with Gasteiger partial charge in [0.15, 0.2) is 5.82 Å². The molecular formula is C13H17N5O. The molecule has 0 radical (unpaired) electrons. The Bertz CT molecular complexity index is 588. The topological polar surface area (TPSA) is 63.9 Å². The molecule has 0 aliphatic rings. The van der Waals surface area contributed by atoms with Crippen LogP contribution < -0.4 is 0 Å². The third-order valence-electron chi connectivity index (χ3n) is 2.71. The molecule has 0 aliphatic carbocycles. The Hall–Kier alpha value is -2.24. The van der Waals surface area contributed by atoms with Gasteiger partial charge in [-0.05, 0) is 5.92 Å². The fourth-order valence-electron chi connectivity index (χ4n) is 1.73. The lowest BCUT2D eigenvalue weighted by molar-refractivity contribution is 0.0827. The van der Waals surface area contributed by atoms with E-state index in [1.54, 1.807) is 43.6 Å². The maximum Gasteiger partial charge on any atom is 0.256 e. The van der Waals surface area contributed by atoms with Crippen molar-refractivity contribution in [2.75, 3.05) is 14.1 Å². The van der Waals surface area contributed by atoms with Crippen molar-refractivity contribution in [3.05, 3.63) is 36.0 Å². The molecule has 100 valence electrons. The van der Waals surface area contributed by atoms with Crippen molar-refractivity contribution in [1.29, 1.82) is 0 Å². The highest BCUT2D eigenvalue weighted by Gasteiger charge is 2.15. The van der Waals surface area contributed by atoms with Crippen molar-refractivity contribution in [2.45, 2.75) is 19.8 Å². The van der Waals surface area contributed by atoms with Crippen molar-refractivity contribution in [2.24, 2.45) is 0 Å². The lowest BCUT2D eigenvalue weighted by atomic mass is 10.1. The fourth-order valence-corrected chi connectivity index (χ4v) is 1.73. The van der Waals surface area contributed by atoms with E-state index in [1.807, 2.05) is 13.8 Å². The molecule has 0 bridgehead atoms. The zero-order valence-corrected chi connectivity index (χ0v) is 11.5. The first-order valence-electron chi connectivity index (χ1n) is 6.08. The van der Waals surface area contributed by atoms with Gasteiger partial charge in [0.25, 0.3) is 5.91 Å². The van der Waals surface area contributed by atoms with Crippen LogP contribution in [0.25, 0.3) is 5.82 Å². The van der Waals surface area contributed by atoms with E-state index in [0.717, 1.165) is 5.69 Å². The van der Waals surface area contributed by atoms with Crippen molar-refractivity contribution in [3.8, 4) is 5.82 Å². The van der Waals surface area contributed by atoms with Crippen LogP contribution >= 0.6 is 0 Å². The van der Waals surface area contributed by atoms with Gasteiger partial charge in [0.05, 0.1) is 17.5 Å². The SMILES string of the molecule is CC(C)c1nccnc1-n1cc(C(=O)N(C)C)cn1. The highest BCUT2D eigenvalue weighted by molar-refractivity contribution is 5.93. The second-order valence-corrected chi connectivity index (χ2v) is 4.79. The Morgan fingerprint density at radius 1 is 1.26 bits per heavy atom. The quantitative estimate of drug-likeness (QED) is 0.837. The summed E-state index contributed by atoms with van der Waals surface area (Å²) < 4.78 is 1.60. The Morgan fingerprint density at radius 3 is 2.58 bits per heavy atom. The van der Waals surface area contributed by atoms with Crippen molar-refractivity contribution < 1.29 is 4.79 Å². The van der Waals surface area contributed by atoms with E-state index in [9.17, 15) is 4.79 Å². The molecule has 0 atom stereocenters. The van der Waals surface area contributed by atoms with Crippen LogP contribution in [-0.2, 0) is 0 Å². The lowest BCUT2D eigenvalue weighted by Gasteiger charge is -2.09. The molecule has 0 saturated carbocycles. The van der Waals surface area contributed by atoms with E-state index in [-0.39, 0.29) is 11.8 Å². The minimum atomic E-state index is -0.0822. The van der Waals surface area contributed by atoms with E-state index >= 15 is 0 Å². The van der Waals surface area contributed by atoms with Crippen LogP contribution in [0.1, 0.15) is 35.8 Å². The van der Waals surface area contributed by atoms with Gasteiger partial charge in [0.2, 0.25) is 0 Å². The Morgan fingerprint density at radius 2 is 1.95 bits per heavy atom. The Labute approximate surface area is 112 Å². The average Bonchev–Trinajstić information content (AvgIpc) is 2.87. The van der Waals surface area contributed by atoms with E-state index in [0.29, 0.717) is 11.4 Å². The molecule has 0 aromatic carbocycles. The van der Waals surface area contributed by atoms with Gasteiger partial charge in [-0.15, -0.1) is 0 Å². The first-order chi connectivity index (χ1) is 9.00. The molecule has 0 N–H and O–H groups in total. The first kappa shape index (κ1) is 13.2. The predicted octanol–water partition coefficient (Wildman–Crippen LogP) is 1.49. The summed E-state index contributed by atoms with van der Waals surface area (Å²) in [5.41, 5.74) is 1.39. The van der Waals surface area contributed by atoms with E-state index in [4.69, 9.17) is 0 Å². The zero-order valence-electron chi connectivity index (χ0n) is 11.5. The zero-order chi connectivity index (χ0) is 14.0. The van der Waals surface area contributed by atoms with Gasteiger partial charge in [0.1, 0.15) is 0 Å². The standard InChI is InChI=1S/C13H17N5O/c1-9(2)11-12(15-6-5-14-11)18-8-10(7-16-18)13(19)17(3)4/h5-9H,1-4H3. The van der Waals surface area contributed by atoms with E-state index < -0.39 is 0 Å². The van der Waals surface area contributed by atoms with Crippen LogP contribution in [-0.4, -0.2) is 44.7 Å². The van der Waals surface area contributed by atoms with Crippen molar-refractivity contribution in [3.63, 3.8) is 0 Å². The highest BCUT2D eigenvalue weighted by atomic mass is 16.2. The van der Waals surface area contributed by atoms with E-state index in [2.05, 4.69) is 15.1 Å². The van der Waals surface area contributed by atoms with Gasteiger partial charge in [-0.3, -0.25) is 9.78 Å². The summed E-state index contributed by atoms with van der Waals surface area (Å²) in [5.74, 6) is 0.817. The van der Waals surface area contributed by atoms with Crippen LogP contribution in [0.15, 0.2) is 24.8 Å². The average molecular weight is 259 g/mol. The summed E-state index contributed by atoms with van der Waals surface area (Å²) in [6, 6.07) is 0. The van der Waals surface area contributed by atoms with Crippen LogP contribution in [0, 0.1) is 0 Å². The van der Waals surface area contributed by atoms with Crippen LogP contribution in [0.3, 0.4) is 0 Å². The molecule has 2 aromatic rings. The molecule has 0 aliphatic heterocycles. The second-order valence-electron chi connectivity index (χ2n) is 4.79. The Kier molecular flexibility index (Phi) is 3.59. The van der Waals surface area contributed by atoms with E-state index in [1.165, 1.54) is 4.90 Å². The normalized spacial score (nSPS) is 10.8. The molecule has 2 heterocycles. The van der Waals surface area contributed by atoms with Gasteiger partial charge in [-0.1, -0.05) is 13.8 Å². The summed E-state index contributed by atoms with van der Waals surface area (Å²) in [6.45, 7) is 4.09. The molecular weight excluding hydrogens is 242 g/mol. The molecule has 2 aromatic heterocycles. The molecule has 2 rings (SSSR count). The number of carbonyl (C=O) groups excluding carboxylic acids is 1. The third kappa shape index (κ3) is 2.62. The highest BCUT2D eigenvalue weighted by Crippen LogP contribution is 2.18. The van der Waals surface area contributed by atoms with Crippen LogP contribution in [0.4, 0.5) is 0 Å². The monoisotopic (exact) mass is 259 g/mol. The number of carbonyl (C=O) groups is 1. The first-order valence-corrected chi connectivity index (χ1v) is 6.08. The number of hydrogen-bond donors (Lipinski definition) is 0. The van der Waals surface area contributed by atoms with Crippen LogP contribution in [0.5, 0.6) is 0 Å². The predicted molar refractivity (Wildman–Crippen MR) is 71.3 cm³/mol. The summed E-state index contributed by atoms with van der Waals surface area (Å²) in [7, 11) is 3.42. The van der Waals surface area contributed by atoms with Crippen LogP contribution in [0.2, 0.25) is 0 Å². The molecule has 6 heteroatoms. The molecule has 0 saturated heterocycles. The maximum atomic E-state index is 11.8. The number of nitrogens with zero attached hydrogens (tertiary/aromatic N) is 5. The number of amides is 1. The van der Waals surface area contributed by atoms with Crippen molar-refractivity contribution >= 4 is 5.91 Å². The summed E-state index contributed by atoms with van der Waals surface area (Å²) >= 11 is 0. The second kappa shape index (κ2) is 5.17.